The Labute approximate surface area is 295 Å². The monoisotopic (exact) mass is 671 g/mol. The Morgan fingerprint density at radius 2 is 0.882 bits per heavy atom. The Balaban J connectivity index is 1.16. The molecule has 238 valence electrons. The number of fused-ring (bicyclic) bond motifs is 9. The van der Waals surface area contributed by atoms with E-state index in [4.69, 9.17) is 23.8 Å². The van der Waals surface area contributed by atoms with E-state index in [-0.39, 0.29) is 0 Å². The van der Waals surface area contributed by atoms with Gasteiger partial charge in [0.05, 0.1) is 0 Å². The van der Waals surface area contributed by atoms with Crippen molar-refractivity contribution in [2.24, 2.45) is 0 Å². The van der Waals surface area contributed by atoms with Crippen LogP contribution in [-0.2, 0) is 0 Å². The van der Waals surface area contributed by atoms with Gasteiger partial charge >= 0.3 is 0 Å². The van der Waals surface area contributed by atoms with Crippen molar-refractivity contribution in [2.75, 3.05) is 0 Å². The van der Waals surface area contributed by atoms with Crippen molar-refractivity contribution in [3.05, 3.63) is 152 Å². The number of benzene rings is 7. The number of para-hydroxylation sites is 3. The van der Waals surface area contributed by atoms with Crippen LogP contribution in [0, 0.1) is 0 Å². The van der Waals surface area contributed by atoms with Gasteiger partial charge in [-0.3, -0.25) is 0 Å². The molecular formula is C45H25N3O2S. The van der Waals surface area contributed by atoms with Crippen LogP contribution < -0.4 is 0 Å². The van der Waals surface area contributed by atoms with Crippen LogP contribution in [-0.4, -0.2) is 15.0 Å². The van der Waals surface area contributed by atoms with E-state index in [2.05, 4.69) is 78.9 Å². The van der Waals surface area contributed by atoms with E-state index in [0.717, 1.165) is 81.8 Å². The topological polar surface area (TPSA) is 65.0 Å². The van der Waals surface area contributed by atoms with Crippen LogP contribution in [0.5, 0.6) is 0 Å². The minimum Gasteiger partial charge on any atom is -0.456 e. The largest absolute Gasteiger partial charge is 0.456 e. The molecule has 5 nitrogen and oxygen atoms in total. The van der Waals surface area contributed by atoms with Crippen LogP contribution >= 0.6 is 11.3 Å². The molecule has 0 unspecified atom stereocenters. The number of hydrogen-bond acceptors (Lipinski definition) is 6. The predicted molar refractivity (Wildman–Crippen MR) is 209 cm³/mol. The van der Waals surface area contributed by atoms with Gasteiger partial charge in [-0.05, 0) is 24.3 Å². The first-order valence-corrected chi connectivity index (χ1v) is 17.7. The minimum absolute atomic E-state index is 0.603. The second-order valence-electron chi connectivity index (χ2n) is 12.7. The fourth-order valence-electron chi connectivity index (χ4n) is 7.46. The Morgan fingerprint density at radius 1 is 0.353 bits per heavy atom. The maximum Gasteiger partial charge on any atom is 0.165 e. The molecular weight excluding hydrogens is 647 g/mol. The summed E-state index contributed by atoms with van der Waals surface area (Å²) >= 11 is 1.77. The van der Waals surface area contributed by atoms with Crippen molar-refractivity contribution in [2.45, 2.75) is 0 Å². The molecule has 0 radical (unpaired) electrons. The summed E-state index contributed by atoms with van der Waals surface area (Å²) in [5, 5.41) is 6.62. The van der Waals surface area contributed by atoms with Gasteiger partial charge in [-0.2, -0.15) is 0 Å². The van der Waals surface area contributed by atoms with Gasteiger partial charge in [-0.1, -0.05) is 127 Å². The summed E-state index contributed by atoms with van der Waals surface area (Å²) in [4.78, 5) is 15.5. The fraction of sp³-hybridized carbons (Fsp3) is 0. The fourth-order valence-corrected chi connectivity index (χ4v) is 8.80. The van der Waals surface area contributed by atoms with E-state index in [9.17, 15) is 0 Å². The lowest BCUT2D eigenvalue weighted by molar-refractivity contribution is 0.669. The summed E-state index contributed by atoms with van der Waals surface area (Å²) in [5.74, 6) is 1.85. The maximum absolute atomic E-state index is 6.49. The zero-order valence-electron chi connectivity index (χ0n) is 27.0. The highest BCUT2D eigenvalue weighted by Crippen LogP contribution is 2.46. The number of aromatic nitrogens is 3. The van der Waals surface area contributed by atoms with Crippen molar-refractivity contribution >= 4 is 75.4 Å². The van der Waals surface area contributed by atoms with Gasteiger partial charge in [0.25, 0.3) is 0 Å². The number of furan rings is 2. The summed E-state index contributed by atoms with van der Waals surface area (Å²) in [6.45, 7) is 0. The Kier molecular flexibility index (Phi) is 6.05. The number of rotatable bonds is 4. The molecule has 0 fully saturated rings. The first-order chi connectivity index (χ1) is 25.3. The van der Waals surface area contributed by atoms with E-state index in [1.165, 1.54) is 10.1 Å². The van der Waals surface area contributed by atoms with Crippen molar-refractivity contribution in [3.8, 4) is 45.3 Å². The highest BCUT2D eigenvalue weighted by Gasteiger charge is 2.21. The molecule has 0 N–H and O–H groups in total. The second kappa shape index (κ2) is 10.9. The Morgan fingerprint density at radius 3 is 1.69 bits per heavy atom. The van der Waals surface area contributed by atoms with Gasteiger partial charge in [-0.25, -0.2) is 15.0 Å². The molecule has 4 aromatic heterocycles. The third-order valence-electron chi connectivity index (χ3n) is 9.77. The quantitative estimate of drug-likeness (QED) is 0.186. The van der Waals surface area contributed by atoms with E-state index in [0.29, 0.717) is 17.5 Å². The molecule has 0 saturated heterocycles. The second-order valence-corrected chi connectivity index (χ2v) is 13.7. The minimum atomic E-state index is 0.603. The van der Waals surface area contributed by atoms with Crippen molar-refractivity contribution in [3.63, 3.8) is 0 Å². The lowest BCUT2D eigenvalue weighted by Crippen LogP contribution is -2.00. The number of thiophene rings is 1. The van der Waals surface area contributed by atoms with Gasteiger partial charge in [0.15, 0.2) is 17.5 Å². The van der Waals surface area contributed by atoms with Gasteiger partial charge < -0.3 is 8.83 Å². The van der Waals surface area contributed by atoms with E-state index >= 15 is 0 Å². The van der Waals surface area contributed by atoms with Crippen LogP contribution in [0.4, 0.5) is 0 Å². The van der Waals surface area contributed by atoms with Crippen LogP contribution in [0.25, 0.3) is 109 Å². The van der Waals surface area contributed by atoms with Gasteiger partial charge in [0, 0.05) is 69.5 Å². The lowest BCUT2D eigenvalue weighted by atomic mass is 10.00. The zero-order chi connectivity index (χ0) is 33.5. The average Bonchev–Trinajstić information content (AvgIpc) is 3.89. The van der Waals surface area contributed by atoms with Crippen molar-refractivity contribution in [1.82, 2.24) is 15.0 Å². The van der Waals surface area contributed by atoms with Crippen LogP contribution in [0.3, 0.4) is 0 Å². The highest BCUT2D eigenvalue weighted by atomic mass is 32.1. The number of nitrogens with zero attached hydrogens (tertiary/aromatic N) is 3. The smallest absolute Gasteiger partial charge is 0.165 e. The van der Waals surface area contributed by atoms with E-state index in [1.54, 1.807) is 11.3 Å². The molecule has 0 aliphatic carbocycles. The summed E-state index contributed by atoms with van der Waals surface area (Å²) in [6.07, 6.45) is 0. The summed E-state index contributed by atoms with van der Waals surface area (Å²) < 4.78 is 15.1. The molecule has 11 aromatic rings. The molecule has 0 amide bonds. The summed E-state index contributed by atoms with van der Waals surface area (Å²) in [6, 6.07) is 52.0. The summed E-state index contributed by atoms with van der Waals surface area (Å²) in [7, 11) is 0. The summed E-state index contributed by atoms with van der Waals surface area (Å²) in [5.41, 5.74) is 8.45. The molecule has 0 atom stereocenters. The molecule has 51 heavy (non-hydrogen) atoms. The Hall–Kier alpha value is -6.63. The van der Waals surface area contributed by atoms with Crippen LogP contribution in [0.1, 0.15) is 0 Å². The van der Waals surface area contributed by atoms with Crippen LogP contribution in [0.2, 0.25) is 0 Å². The predicted octanol–water partition coefficient (Wildman–Crippen LogP) is 12.7. The van der Waals surface area contributed by atoms with Crippen molar-refractivity contribution in [1.29, 1.82) is 0 Å². The molecule has 0 bridgehead atoms. The standard InChI is InChI=1S/C45H25N3O2S/c1-2-12-26(13-3-1)43-46-44(34-21-11-25-38-39(34)33-15-5-7-24-37(33)49-38)48-45(47-43)35-22-10-20-32-31-19-9-18-30(41(31)51-42(32)35)29-17-8-16-28-27-14-4-6-23-36(27)50-40(28)29/h1-25H. The molecule has 0 aliphatic heterocycles. The third-order valence-corrected chi connectivity index (χ3v) is 11.1. The molecule has 0 saturated carbocycles. The van der Waals surface area contributed by atoms with E-state index < -0.39 is 0 Å². The molecule has 6 heteroatoms. The average molecular weight is 672 g/mol. The van der Waals surface area contributed by atoms with Gasteiger partial charge in [0.1, 0.15) is 22.3 Å². The number of hydrogen-bond donors (Lipinski definition) is 0. The normalized spacial score (nSPS) is 11.9. The van der Waals surface area contributed by atoms with Gasteiger partial charge in [-0.15, -0.1) is 11.3 Å². The Bertz CT molecular complexity index is 3160. The van der Waals surface area contributed by atoms with Gasteiger partial charge in [0.2, 0.25) is 0 Å². The SMILES string of the molecule is c1ccc(-c2nc(-c3cccc4c3sc3c(-c5cccc6c5oc5ccccc56)cccc34)nc(-c3cccc4oc5ccccc5c34)n2)cc1. The van der Waals surface area contributed by atoms with Crippen molar-refractivity contribution < 1.29 is 8.83 Å². The first-order valence-electron chi connectivity index (χ1n) is 16.9. The third kappa shape index (κ3) is 4.30. The van der Waals surface area contributed by atoms with E-state index in [1.807, 2.05) is 72.8 Å². The first kappa shape index (κ1) is 28.2. The molecule has 7 aromatic carbocycles. The zero-order valence-corrected chi connectivity index (χ0v) is 27.8. The molecule has 11 rings (SSSR count). The molecule has 0 spiro atoms. The van der Waals surface area contributed by atoms with Crippen LogP contribution in [0.15, 0.2) is 160 Å². The molecule has 4 heterocycles. The lowest BCUT2D eigenvalue weighted by Gasteiger charge is -2.10. The maximum atomic E-state index is 6.49. The molecule has 0 aliphatic rings. The highest BCUT2D eigenvalue weighted by molar-refractivity contribution is 7.26.